The van der Waals surface area contributed by atoms with Crippen molar-refractivity contribution >= 4 is 5.91 Å². The molecule has 1 saturated heterocycles. The Balaban J connectivity index is 1.12. The Labute approximate surface area is 174 Å². The number of rotatable bonds is 5. The SMILES string of the molecule is O=C(c1ccc2c(c1)OCO2)N1CCN(CCc2nnc(-c3ccccc3)o2)CC1. The van der Waals surface area contributed by atoms with E-state index < -0.39 is 0 Å². The van der Waals surface area contributed by atoms with Crippen LogP contribution in [-0.4, -0.2) is 65.4 Å². The summed E-state index contributed by atoms with van der Waals surface area (Å²) in [6.07, 6.45) is 0.690. The molecule has 30 heavy (non-hydrogen) atoms. The number of fused-ring (bicyclic) bond motifs is 1. The van der Waals surface area contributed by atoms with Crippen LogP contribution < -0.4 is 9.47 Å². The minimum atomic E-state index is 0.0253. The Morgan fingerprint density at radius 2 is 1.73 bits per heavy atom. The highest BCUT2D eigenvalue weighted by Crippen LogP contribution is 2.32. The second-order valence-corrected chi connectivity index (χ2v) is 7.32. The van der Waals surface area contributed by atoms with Gasteiger partial charge in [0.25, 0.3) is 5.91 Å². The molecule has 0 unspecified atom stereocenters. The third-order valence-corrected chi connectivity index (χ3v) is 5.41. The van der Waals surface area contributed by atoms with Gasteiger partial charge in [-0.15, -0.1) is 10.2 Å². The fourth-order valence-electron chi connectivity index (χ4n) is 3.69. The van der Waals surface area contributed by atoms with E-state index >= 15 is 0 Å². The first-order chi connectivity index (χ1) is 14.8. The van der Waals surface area contributed by atoms with Crippen LogP contribution in [-0.2, 0) is 6.42 Å². The molecule has 0 bridgehead atoms. The monoisotopic (exact) mass is 406 g/mol. The predicted octanol–water partition coefficient (Wildman–Crippen LogP) is 2.47. The number of ether oxygens (including phenoxy) is 2. The lowest BCUT2D eigenvalue weighted by atomic mass is 10.1. The lowest BCUT2D eigenvalue weighted by molar-refractivity contribution is 0.0636. The highest BCUT2D eigenvalue weighted by atomic mass is 16.7. The zero-order chi connectivity index (χ0) is 20.3. The van der Waals surface area contributed by atoms with Gasteiger partial charge in [0.1, 0.15) is 0 Å². The Morgan fingerprint density at radius 1 is 0.933 bits per heavy atom. The molecule has 0 N–H and O–H groups in total. The number of piperazine rings is 1. The van der Waals surface area contributed by atoms with Crippen molar-refractivity contribution in [2.75, 3.05) is 39.5 Å². The fourth-order valence-corrected chi connectivity index (χ4v) is 3.69. The molecule has 1 aromatic heterocycles. The normalized spacial score (nSPS) is 16.1. The molecule has 0 radical (unpaired) electrons. The Hall–Kier alpha value is -3.39. The number of hydrogen-bond acceptors (Lipinski definition) is 7. The number of amides is 1. The maximum absolute atomic E-state index is 12.8. The van der Waals surface area contributed by atoms with Crippen LogP contribution in [0.1, 0.15) is 16.2 Å². The highest BCUT2D eigenvalue weighted by Gasteiger charge is 2.24. The fraction of sp³-hybridized carbons (Fsp3) is 0.318. The first kappa shape index (κ1) is 18.6. The summed E-state index contributed by atoms with van der Waals surface area (Å²) < 4.78 is 16.5. The molecule has 0 atom stereocenters. The van der Waals surface area contributed by atoms with Crippen molar-refractivity contribution in [3.05, 3.63) is 60.0 Å². The summed E-state index contributed by atoms with van der Waals surface area (Å²) in [5, 5.41) is 8.29. The molecule has 2 aromatic carbocycles. The van der Waals surface area contributed by atoms with Gasteiger partial charge < -0.3 is 18.8 Å². The average Bonchev–Trinajstić information content (AvgIpc) is 3.47. The minimum absolute atomic E-state index is 0.0253. The van der Waals surface area contributed by atoms with Crippen molar-refractivity contribution < 1.29 is 18.7 Å². The smallest absolute Gasteiger partial charge is 0.254 e. The molecule has 2 aliphatic heterocycles. The van der Waals surface area contributed by atoms with Crippen LogP contribution in [0.3, 0.4) is 0 Å². The molecular formula is C22H22N4O4. The topological polar surface area (TPSA) is 80.9 Å². The Bertz CT molecular complexity index is 1030. The second-order valence-electron chi connectivity index (χ2n) is 7.32. The van der Waals surface area contributed by atoms with Crippen molar-refractivity contribution in [2.45, 2.75) is 6.42 Å². The molecule has 3 heterocycles. The van der Waals surface area contributed by atoms with E-state index in [0.29, 0.717) is 48.4 Å². The van der Waals surface area contributed by atoms with Gasteiger partial charge in [-0.2, -0.15) is 0 Å². The van der Waals surface area contributed by atoms with Gasteiger partial charge >= 0.3 is 0 Å². The molecule has 0 spiro atoms. The van der Waals surface area contributed by atoms with E-state index in [1.807, 2.05) is 35.2 Å². The average molecular weight is 406 g/mol. The minimum Gasteiger partial charge on any atom is -0.454 e. The summed E-state index contributed by atoms with van der Waals surface area (Å²) >= 11 is 0. The molecule has 5 rings (SSSR count). The van der Waals surface area contributed by atoms with Gasteiger partial charge in [-0.05, 0) is 30.3 Å². The van der Waals surface area contributed by atoms with Crippen LogP contribution in [0.2, 0.25) is 0 Å². The summed E-state index contributed by atoms with van der Waals surface area (Å²) in [6.45, 7) is 4.03. The van der Waals surface area contributed by atoms with Crippen molar-refractivity contribution in [2.24, 2.45) is 0 Å². The molecule has 1 amide bonds. The standard InChI is InChI=1S/C22H22N4O4/c27-22(17-6-7-18-19(14-17)29-15-28-18)26-12-10-25(11-13-26)9-8-20-23-24-21(30-20)16-4-2-1-3-5-16/h1-7,14H,8-13,15H2. The number of nitrogens with zero attached hydrogens (tertiary/aromatic N) is 4. The molecule has 2 aliphatic rings. The maximum atomic E-state index is 12.8. The summed E-state index contributed by atoms with van der Waals surface area (Å²) in [5.41, 5.74) is 1.55. The van der Waals surface area contributed by atoms with E-state index in [4.69, 9.17) is 13.9 Å². The molecule has 0 aliphatic carbocycles. The number of aromatic nitrogens is 2. The van der Waals surface area contributed by atoms with Gasteiger partial charge in [-0.1, -0.05) is 18.2 Å². The Morgan fingerprint density at radius 3 is 2.57 bits per heavy atom. The molecule has 8 nitrogen and oxygen atoms in total. The lowest BCUT2D eigenvalue weighted by Crippen LogP contribution is -2.49. The van der Waals surface area contributed by atoms with E-state index in [-0.39, 0.29) is 12.7 Å². The van der Waals surface area contributed by atoms with E-state index in [1.165, 1.54) is 0 Å². The number of benzene rings is 2. The van der Waals surface area contributed by atoms with E-state index in [2.05, 4.69) is 15.1 Å². The first-order valence-corrected chi connectivity index (χ1v) is 10.1. The summed E-state index contributed by atoms with van der Waals surface area (Å²) in [5.74, 6) is 2.52. The molecule has 8 heteroatoms. The van der Waals surface area contributed by atoms with Gasteiger partial charge in [0.2, 0.25) is 18.6 Å². The largest absolute Gasteiger partial charge is 0.454 e. The van der Waals surface area contributed by atoms with E-state index in [9.17, 15) is 4.79 Å². The third-order valence-electron chi connectivity index (χ3n) is 5.41. The molecule has 154 valence electrons. The van der Waals surface area contributed by atoms with Crippen molar-refractivity contribution in [3.8, 4) is 23.0 Å². The van der Waals surface area contributed by atoms with Gasteiger partial charge in [0.15, 0.2) is 11.5 Å². The van der Waals surface area contributed by atoms with Gasteiger partial charge in [0, 0.05) is 50.3 Å². The second kappa shape index (κ2) is 8.16. The summed E-state index contributed by atoms with van der Waals surface area (Å²) in [4.78, 5) is 17.0. The van der Waals surface area contributed by atoms with Crippen LogP contribution in [0.4, 0.5) is 0 Å². The number of carbonyl (C=O) groups is 1. The zero-order valence-electron chi connectivity index (χ0n) is 16.5. The van der Waals surface area contributed by atoms with Crippen LogP contribution in [0.25, 0.3) is 11.5 Å². The van der Waals surface area contributed by atoms with Crippen molar-refractivity contribution in [3.63, 3.8) is 0 Å². The summed E-state index contributed by atoms with van der Waals surface area (Å²) in [6, 6.07) is 15.1. The van der Waals surface area contributed by atoms with Gasteiger partial charge in [-0.25, -0.2) is 0 Å². The van der Waals surface area contributed by atoms with Crippen molar-refractivity contribution in [1.29, 1.82) is 0 Å². The molecule has 1 fully saturated rings. The quantitative estimate of drug-likeness (QED) is 0.644. The molecule has 0 saturated carbocycles. The summed E-state index contributed by atoms with van der Waals surface area (Å²) in [7, 11) is 0. The van der Waals surface area contributed by atoms with Crippen LogP contribution in [0, 0.1) is 0 Å². The first-order valence-electron chi connectivity index (χ1n) is 10.1. The van der Waals surface area contributed by atoms with Crippen molar-refractivity contribution in [1.82, 2.24) is 20.0 Å². The lowest BCUT2D eigenvalue weighted by Gasteiger charge is -2.34. The van der Waals surface area contributed by atoms with Crippen LogP contribution >= 0.6 is 0 Å². The van der Waals surface area contributed by atoms with Gasteiger partial charge in [-0.3, -0.25) is 9.69 Å². The predicted molar refractivity (Wildman–Crippen MR) is 108 cm³/mol. The number of carbonyl (C=O) groups excluding carboxylic acids is 1. The van der Waals surface area contributed by atoms with Crippen LogP contribution in [0.5, 0.6) is 11.5 Å². The zero-order valence-corrected chi connectivity index (χ0v) is 16.5. The Kier molecular flexibility index (Phi) is 5.06. The molecule has 3 aromatic rings. The number of hydrogen-bond donors (Lipinski definition) is 0. The maximum Gasteiger partial charge on any atom is 0.254 e. The van der Waals surface area contributed by atoms with Gasteiger partial charge in [0.05, 0.1) is 0 Å². The molecular weight excluding hydrogens is 384 g/mol. The van der Waals surface area contributed by atoms with E-state index in [1.54, 1.807) is 18.2 Å². The highest BCUT2D eigenvalue weighted by molar-refractivity contribution is 5.95. The van der Waals surface area contributed by atoms with E-state index in [0.717, 1.165) is 25.2 Å². The van der Waals surface area contributed by atoms with Crippen LogP contribution in [0.15, 0.2) is 52.9 Å². The third kappa shape index (κ3) is 3.86.